The molecular formula is C13H17N3O5S. The maximum absolute atomic E-state index is 12.1. The zero-order valence-corrected chi connectivity index (χ0v) is 12.9. The van der Waals surface area contributed by atoms with Crippen molar-refractivity contribution in [1.29, 1.82) is 0 Å². The molecule has 1 saturated heterocycles. The molecular weight excluding hydrogens is 310 g/mol. The molecule has 0 aliphatic carbocycles. The third-order valence-electron chi connectivity index (χ3n) is 3.60. The van der Waals surface area contributed by atoms with Crippen LogP contribution in [-0.2, 0) is 10.0 Å². The lowest BCUT2D eigenvalue weighted by Crippen LogP contribution is -2.46. The van der Waals surface area contributed by atoms with E-state index in [9.17, 15) is 23.3 Å². The number of nitro benzene ring substituents is 1. The van der Waals surface area contributed by atoms with Gasteiger partial charge in [-0.05, 0) is 25.0 Å². The topological polar surface area (TPSA) is 110 Å². The average molecular weight is 327 g/mol. The predicted octanol–water partition coefficient (Wildman–Crippen LogP) is 0.749. The normalized spacial score (nSPS) is 17.1. The van der Waals surface area contributed by atoms with Crippen molar-refractivity contribution in [2.24, 2.45) is 0 Å². The number of carbonyl (C=O) groups excluding carboxylic acids is 1. The van der Waals surface area contributed by atoms with Gasteiger partial charge in [-0.2, -0.15) is 0 Å². The largest absolute Gasteiger partial charge is 0.349 e. The van der Waals surface area contributed by atoms with Crippen molar-refractivity contribution in [3.05, 3.63) is 39.9 Å². The van der Waals surface area contributed by atoms with Gasteiger partial charge in [0, 0.05) is 36.8 Å². The van der Waals surface area contributed by atoms with Crippen molar-refractivity contribution < 1.29 is 18.1 Å². The summed E-state index contributed by atoms with van der Waals surface area (Å²) >= 11 is 0. The van der Waals surface area contributed by atoms with Crippen LogP contribution in [0.15, 0.2) is 24.3 Å². The molecule has 2 rings (SSSR count). The molecule has 0 bridgehead atoms. The van der Waals surface area contributed by atoms with Gasteiger partial charge in [0.15, 0.2) is 0 Å². The molecule has 0 aromatic heterocycles. The fourth-order valence-electron chi connectivity index (χ4n) is 2.34. The number of hydrogen-bond donors (Lipinski definition) is 1. The maximum Gasteiger partial charge on any atom is 0.269 e. The Hall–Kier alpha value is -2.00. The minimum atomic E-state index is -3.19. The Bertz CT molecular complexity index is 663. The third kappa shape index (κ3) is 4.01. The molecule has 1 fully saturated rings. The van der Waals surface area contributed by atoms with Crippen molar-refractivity contribution in [2.45, 2.75) is 18.9 Å². The van der Waals surface area contributed by atoms with Gasteiger partial charge >= 0.3 is 0 Å². The molecule has 1 aliphatic heterocycles. The first-order valence-corrected chi connectivity index (χ1v) is 8.62. The number of sulfonamides is 1. The van der Waals surface area contributed by atoms with Crippen LogP contribution in [0.4, 0.5) is 5.69 Å². The summed E-state index contributed by atoms with van der Waals surface area (Å²) in [5.74, 6) is -0.312. The van der Waals surface area contributed by atoms with Gasteiger partial charge in [0.2, 0.25) is 10.0 Å². The van der Waals surface area contributed by atoms with E-state index in [4.69, 9.17) is 0 Å². The summed E-state index contributed by atoms with van der Waals surface area (Å²) in [6, 6.07) is 5.27. The summed E-state index contributed by atoms with van der Waals surface area (Å²) < 4.78 is 24.2. The summed E-state index contributed by atoms with van der Waals surface area (Å²) in [5, 5.41) is 13.4. The van der Waals surface area contributed by atoms with Crippen LogP contribution in [0.5, 0.6) is 0 Å². The highest BCUT2D eigenvalue weighted by atomic mass is 32.2. The van der Waals surface area contributed by atoms with Crippen molar-refractivity contribution in [3.8, 4) is 0 Å². The Morgan fingerprint density at radius 2 is 1.82 bits per heavy atom. The number of nitrogens with one attached hydrogen (secondary N) is 1. The van der Waals surface area contributed by atoms with Crippen LogP contribution in [0.2, 0.25) is 0 Å². The van der Waals surface area contributed by atoms with Gasteiger partial charge in [-0.3, -0.25) is 14.9 Å². The zero-order valence-electron chi connectivity index (χ0n) is 12.1. The second-order valence-corrected chi connectivity index (χ2v) is 7.20. The Morgan fingerprint density at radius 1 is 1.27 bits per heavy atom. The number of nitrogens with zero attached hydrogens (tertiary/aromatic N) is 2. The summed E-state index contributed by atoms with van der Waals surface area (Å²) in [6.45, 7) is 0.758. The van der Waals surface area contributed by atoms with Crippen LogP contribution in [-0.4, -0.2) is 48.9 Å². The highest BCUT2D eigenvalue weighted by molar-refractivity contribution is 7.88. The zero-order chi connectivity index (χ0) is 16.3. The second kappa shape index (κ2) is 6.41. The predicted molar refractivity (Wildman–Crippen MR) is 80.0 cm³/mol. The highest BCUT2D eigenvalue weighted by Gasteiger charge is 2.26. The smallest absolute Gasteiger partial charge is 0.269 e. The lowest BCUT2D eigenvalue weighted by Gasteiger charge is -2.30. The second-order valence-electron chi connectivity index (χ2n) is 5.21. The Morgan fingerprint density at radius 3 is 2.27 bits per heavy atom. The van der Waals surface area contributed by atoms with E-state index in [-0.39, 0.29) is 17.6 Å². The number of benzene rings is 1. The number of rotatable bonds is 4. The van der Waals surface area contributed by atoms with E-state index in [1.807, 2.05) is 0 Å². The first-order chi connectivity index (χ1) is 10.3. The summed E-state index contributed by atoms with van der Waals surface area (Å²) in [7, 11) is -3.19. The van der Waals surface area contributed by atoms with Crippen LogP contribution >= 0.6 is 0 Å². The lowest BCUT2D eigenvalue weighted by molar-refractivity contribution is -0.384. The molecule has 0 unspecified atom stereocenters. The fraction of sp³-hybridized carbons (Fsp3) is 0.462. The Kier molecular flexibility index (Phi) is 4.77. The molecule has 0 spiro atoms. The third-order valence-corrected chi connectivity index (χ3v) is 4.90. The minimum absolute atomic E-state index is 0.0713. The van der Waals surface area contributed by atoms with Crippen LogP contribution < -0.4 is 5.32 Å². The monoisotopic (exact) mass is 327 g/mol. The minimum Gasteiger partial charge on any atom is -0.349 e. The molecule has 0 radical (unpaired) electrons. The Balaban J connectivity index is 1.92. The molecule has 8 nitrogen and oxygen atoms in total. The summed E-state index contributed by atoms with van der Waals surface area (Å²) in [4.78, 5) is 22.1. The molecule has 1 aromatic rings. The number of carbonyl (C=O) groups is 1. The molecule has 0 atom stereocenters. The maximum atomic E-state index is 12.1. The molecule has 1 aliphatic rings. The molecule has 120 valence electrons. The number of piperidine rings is 1. The number of amides is 1. The summed E-state index contributed by atoms with van der Waals surface area (Å²) in [5.41, 5.74) is 0.272. The molecule has 1 N–H and O–H groups in total. The van der Waals surface area contributed by atoms with Crippen LogP contribution in [0.25, 0.3) is 0 Å². The van der Waals surface area contributed by atoms with Gasteiger partial charge in [0.05, 0.1) is 11.2 Å². The van der Waals surface area contributed by atoms with Gasteiger partial charge in [0.25, 0.3) is 11.6 Å². The first-order valence-electron chi connectivity index (χ1n) is 6.78. The van der Waals surface area contributed by atoms with Crippen LogP contribution in [0, 0.1) is 10.1 Å². The van der Waals surface area contributed by atoms with Gasteiger partial charge in [-0.15, -0.1) is 0 Å². The summed E-state index contributed by atoms with van der Waals surface area (Å²) in [6.07, 6.45) is 2.26. The van der Waals surface area contributed by atoms with E-state index in [0.717, 1.165) is 0 Å². The van der Waals surface area contributed by atoms with E-state index in [0.29, 0.717) is 31.5 Å². The van der Waals surface area contributed by atoms with Crippen molar-refractivity contribution in [1.82, 2.24) is 9.62 Å². The van der Waals surface area contributed by atoms with Crippen molar-refractivity contribution >= 4 is 21.6 Å². The van der Waals surface area contributed by atoms with Crippen LogP contribution in [0.1, 0.15) is 23.2 Å². The molecule has 0 saturated carbocycles. The average Bonchev–Trinajstić information content (AvgIpc) is 2.47. The van der Waals surface area contributed by atoms with Gasteiger partial charge in [-0.25, -0.2) is 12.7 Å². The van der Waals surface area contributed by atoms with E-state index >= 15 is 0 Å². The SMILES string of the molecule is CS(=O)(=O)N1CCC(NC(=O)c2ccc([N+](=O)[O-])cc2)CC1. The number of non-ortho nitro benzene ring substituents is 1. The standard InChI is InChI=1S/C13H17N3O5S/c1-22(20,21)15-8-6-11(7-9-15)14-13(17)10-2-4-12(5-3-10)16(18)19/h2-5,11H,6-9H2,1H3,(H,14,17). The van der Waals surface area contributed by atoms with Gasteiger partial charge < -0.3 is 5.32 Å². The van der Waals surface area contributed by atoms with E-state index < -0.39 is 14.9 Å². The fourth-order valence-corrected chi connectivity index (χ4v) is 3.21. The molecule has 1 aromatic carbocycles. The molecule has 1 amide bonds. The van der Waals surface area contributed by atoms with Gasteiger partial charge in [0.1, 0.15) is 0 Å². The highest BCUT2D eigenvalue weighted by Crippen LogP contribution is 2.15. The van der Waals surface area contributed by atoms with Crippen LogP contribution in [0.3, 0.4) is 0 Å². The van der Waals surface area contributed by atoms with E-state index in [2.05, 4.69) is 5.32 Å². The van der Waals surface area contributed by atoms with E-state index in [1.54, 1.807) is 0 Å². The quantitative estimate of drug-likeness (QED) is 0.648. The van der Waals surface area contributed by atoms with E-state index in [1.165, 1.54) is 34.8 Å². The molecule has 22 heavy (non-hydrogen) atoms. The molecule has 9 heteroatoms. The Labute approximate surface area is 128 Å². The molecule has 1 heterocycles. The van der Waals surface area contributed by atoms with Crippen molar-refractivity contribution in [3.63, 3.8) is 0 Å². The number of nitro groups is 1. The number of hydrogen-bond acceptors (Lipinski definition) is 5. The lowest BCUT2D eigenvalue weighted by atomic mass is 10.1. The van der Waals surface area contributed by atoms with Gasteiger partial charge in [-0.1, -0.05) is 0 Å². The van der Waals surface area contributed by atoms with Crippen molar-refractivity contribution in [2.75, 3.05) is 19.3 Å². The first kappa shape index (κ1) is 16.4.